The number of thioether (sulfide) groups is 1. The van der Waals surface area contributed by atoms with Crippen molar-refractivity contribution >= 4 is 23.5 Å². The Kier molecular flexibility index (Phi) is 5.29. The molecule has 0 aliphatic heterocycles. The smallest absolute Gasteiger partial charge is 0.214 e. The lowest BCUT2D eigenvalue weighted by atomic mass is 9.87. The molecule has 0 aliphatic carbocycles. The molecule has 128 valence electrons. The van der Waals surface area contributed by atoms with E-state index in [1.807, 2.05) is 6.26 Å². The maximum Gasteiger partial charge on any atom is 0.214 e. The topological polar surface area (TPSA) is 77.3 Å². The first kappa shape index (κ1) is 17.8. The van der Waals surface area contributed by atoms with Crippen LogP contribution in [0.5, 0.6) is 0 Å². The van der Waals surface area contributed by atoms with Gasteiger partial charge in [-0.15, -0.1) is 10.2 Å². The summed E-state index contributed by atoms with van der Waals surface area (Å²) in [5.74, 6) is 0. The van der Waals surface area contributed by atoms with Crippen LogP contribution in [0.15, 0.2) is 51.9 Å². The van der Waals surface area contributed by atoms with Crippen molar-refractivity contribution < 1.29 is 0 Å². The second-order valence-electron chi connectivity index (χ2n) is 6.33. The Labute approximate surface area is 155 Å². The Bertz CT molecular complexity index is 862. The maximum atomic E-state index is 4.53. The summed E-state index contributed by atoms with van der Waals surface area (Å²) in [6, 6.07) is 8.44. The van der Waals surface area contributed by atoms with Crippen molar-refractivity contribution in [3.8, 4) is 11.4 Å². The van der Waals surface area contributed by atoms with E-state index < -0.39 is 0 Å². The molecule has 3 rings (SSSR count). The third-order valence-electron chi connectivity index (χ3n) is 3.45. The van der Waals surface area contributed by atoms with E-state index in [-0.39, 0.29) is 5.41 Å². The van der Waals surface area contributed by atoms with Crippen LogP contribution in [0.3, 0.4) is 0 Å². The lowest BCUT2D eigenvalue weighted by Gasteiger charge is -2.18. The van der Waals surface area contributed by atoms with Crippen molar-refractivity contribution in [2.45, 2.75) is 41.4 Å². The Morgan fingerprint density at radius 1 is 0.800 bits per heavy atom. The van der Waals surface area contributed by atoms with Gasteiger partial charge in [-0.3, -0.25) is 0 Å². The first-order valence-electron chi connectivity index (χ1n) is 7.68. The van der Waals surface area contributed by atoms with Crippen molar-refractivity contribution in [2.75, 3.05) is 6.26 Å². The van der Waals surface area contributed by atoms with Crippen molar-refractivity contribution in [1.29, 1.82) is 0 Å². The third kappa shape index (κ3) is 4.52. The zero-order valence-electron chi connectivity index (χ0n) is 14.5. The molecule has 0 bridgehead atoms. The van der Waals surface area contributed by atoms with Gasteiger partial charge in [0.1, 0.15) is 11.4 Å². The summed E-state index contributed by atoms with van der Waals surface area (Å²) in [6.07, 6.45) is 5.07. The van der Waals surface area contributed by atoms with Crippen LogP contribution < -0.4 is 0 Å². The molecule has 8 heteroatoms. The van der Waals surface area contributed by atoms with Gasteiger partial charge < -0.3 is 0 Å². The molecule has 0 spiro atoms. The Hall–Kier alpha value is -2.06. The van der Waals surface area contributed by atoms with Crippen molar-refractivity contribution in [2.24, 2.45) is 0 Å². The van der Waals surface area contributed by atoms with Crippen molar-refractivity contribution in [1.82, 2.24) is 30.4 Å². The highest BCUT2D eigenvalue weighted by Gasteiger charge is 2.13. The van der Waals surface area contributed by atoms with E-state index in [2.05, 4.69) is 75.4 Å². The SMILES string of the molecule is CSc1nncc(-c2cnnc(Sc3ccc(C(C)(C)C)cc3)n2)n1. The molecular formula is C17H18N6S2. The van der Waals surface area contributed by atoms with E-state index in [0.717, 1.165) is 4.90 Å². The summed E-state index contributed by atoms with van der Waals surface area (Å²) < 4.78 is 0. The number of rotatable bonds is 4. The number of aromatic nitrogens is 6. The van der Waals surface area contributed by atoms with E-state index in [1.165, 1.54) is 29.1 Å². The molecule has 0 radical (unpaired) electrons. The summed E-state index contributed by atoms with van der Waals surface area (Å²) in [5.41, 5.74) is 2.70. The number of hydrogen-bond acceptors (Lipinski definition) is 8. The highest BCUT2D eigenvalue weighted by molar-refractivity contribution is 7.99. The van der Waals surface area contributed by atoms with E-state index in [9.17, 15) is 0 Å². The Morgan fingerprint density at radius 2 is 1.36 bits per heavy atom. The zero-order valence-corrected chi connectivity index (χ0v) is 16.1. The van der Waals surface area contributed by atoms with Gasteiger partial charge in [0.05, 0.1) is 12.4 Å². The van der Waals surface area contributed by atoms with Crippen LogP contribution in [0.25, 0.3) is 11.4 Å². The van der Waals surface area contributed by atoms with Crippen LogP contribution in [-0.4, -0.2) is 36.6 Å². The number of hydrogen-bond donors (Lipinski definition) is 0. The first-order chi connectivity index (χ1) is 12.0. The predicted octanol–water partition coefficient (Wildman–Crippen LogP) is 3.89. The summed E-state index contributed by atoms with van der Waals surface area (Å²) in [6.45, 7) is 6.60. The standard InChI is InChI=1S/C17H18N6S2/c1-17(2,3)11-5-7-12(8-6-11)25-16-21-14(10-19-23-16)13-9-18-22-15(20-13)24-4/h5-10H,1-4H3. The van der Waals surface area contributed by atoms with Gasteiger partial charge in [-0.2, -0.15) is 10.2 Å². The molecular weight excluding hydrogens is 352 g/mol. The van der Waals surface area contributed by atoms with Gasteiger partial charge in [0.2, 0.25) is 10.3 Å². The first-order valence-corrected chi connectivity index (χ1v) is 9.72. The summed E-state index contributed by atoms with van der Waals surface area (Å²) in [4.78, 5) is 10.00. The van der Waals surface area contributed by atoms with Crippen LogP contribution in [-0.2, 0) is 5.41 Å². The van der Waals surface area contributed by atoms with Crippen molar-refractivity contribution in [3.63, 3.8) is 0 Å². The lowest BCUT2D eigenvalue weighted by molar-refractivity contribution is 0.590. The normalized spacial score (nSPS) is 11.5. The lowest BCUT2D eigenvalue weighted by Crippen LogP contribution is -2.10. The number of nitrogens with zero attached hydrogens (tertiary/aromatic N) is 6. The van der Waals surface area contributed by atoms with E-state index in [4.69, 9.17) is 0 Å². The van der Waals surface area contributed by atoms with Crippen LogP contribution >= 0.6 is 23.5 Å². The molecule has 0 N–H and O–H groups in total. The molecule has 0 fully saturated rings. The van der Waals surface area contributed by atoms with Crippen LogP contribution in [0.4, 0.5) is 0 Å². The second-order valence-corrected chi connectivity index (χ2v) is 8.14. The van der Waals surface area contributed by atoms with E-state index >= 15 is 0 Å². The van der Waals surface area contributed by atoms with Gasteiger partial charge in [0, 0.05) is 4.90 Å². The molecule has 0 atom stereocenters. The quantitative estimate of drug-likeness (QED) is 0.640. The fourth-order valence-corrected chi connectivity index (χ4v) is 3.11. The van der Waals surface area contributed by atoms with Crippen LogP contribution in [0.2, 0.25) is 0 Å². The molecule has 0 amide bonds. The maximum absolute atomic E-state index is 4.53. The predicted molar refractivity (Wildman–Crippen MR) is 99.7 cm³/mol. The third-order valence-corrected chi connectivity index (χ3v) is 4.85. The molecule has 0 saturated heterocycles. The fraction of sp³-hybridized carbons (Fsp3) is 0.294. The molecule has 0 aliphatic rings. The Morgan fingerprint density at radius 3 is 1.92 bits per heavy atom. The van der Waals surface area contributed by atoms with Gasteiger partial charge in [0.25, 0.3) is 0 Å². The van der Waals surface area contributed by atoms with E-state index in [1.54, 1.807) is 12.4 Å². The highest BCUT2D eigenvalue weighted by atomic mass is 32.2. The largest absolute Gasteiger partial charge is 0.218 e. The molecule has 1 aromatic carbocycles. The fourth-order valence-electron chi connectivity index (χ4n) is 2.08. The van der Waals surface area contributed by atoms with Gasteiger partial charge in [-0.25, -0.2) is 9.97 Å². The summed E-state index contributed by atoms with van der Waals surface area (Å²) >= 11 is 2.91. The zero-order chi connectivity index (χ0) is 17.9. The summed E-state index contributed by atoms with van der Waals surface area (Å²) in [7, 11) is 0. The highest BCUT2D eigenvalue weighted by Crippen LogP contribution is 2.29. The van der Waals surface area contributed by atoms with Crippen LogP contribution in [0.1, 0.15) is 26.3 Å². The molecule has 2 aromatic heterocycles. The van der Waals surface area contributed by atoms with Gasteiger partial charge in [-0.1, -0.05) is 44.7 Å². The minimum Gasteiger partial charge on any atom is -0.218 e. The molecule has 25 heavy (non-hydrogen) atoms. The van der Waals surface area contributed by atoms with Gasteiger partial charge >= 0.3 is 0 Å². The average Bonchev–Trinajstić information content (AvgIpc) is 2.62. The molecule has 2 heterocycles. The minimum atomic E-state index is 0.135. The van der Waals surface area contributed by atoms with Crippen LogP contribution in [0, 0.1) is 0 Å². The van der Waals surface area contributed by atoms with E-state index in [0.29, 0.717) is 21.7 Å². The van der Waals surface area contributed by atoms with Crippen molar-refractivity contribution in [3.05, 3.63) is 42.2 Å². The Balaban J connectivity index is 1.82. The molecule has 0 saturated carbocycles. The summed E-state index contributed by atoms with van der Waals surface area (Å²) in [5, 5.41) is 17.2. The minimum absolute atomic E-state index is 0.135. The monoisotopic (exact) mass is 370 g/mol. The molecule has 6 nitrogen and oxygen atoms in total. The second kappa shape index (κ2) is 7.45. The van der Waals surface area contributed by atoms with Gasteiger partial charge in [0.15, 0.2) is 0 Å². The average molecular weight is 371 g/mol. The number of benzene rings is 1. The molecule has 0 unspecified atom stereocenters. The molecule has 3 aromatic rings. The van der Waals surface area contributed by atoms with Gasteiger partial charge in [-0.05, 0) is 41.1 Å².